The van der Waals surface area contributed by atoms with E-state index in [0.29, 0.717) is 17.0 Å². The predicted octanol–water partition coefficient (Wildman–Crippen LogP) is 2.00. The highest BCUT2D eigenvalue weighted by atomic mass is 32.2. The highest BCUT2D eigenvalue weighted by Crippen LogP contribution is 2.30. The molecule has 2 aliphatic rings. The van der Waals surface area contributed by atoms with E-state index in [1.807, 2.05) is 4.90 Å². The fourth-order valence-electron chi connectivity index (χ4n) is 3.68. The van der Waals surface area contributed by atoms with E-state index in [0.717, 1.165) is 25.7 Å². The van der Waals surface area contributed by atoms with Gasteiger partial charge in [-0.25, -0.2) is 13.4 Å². The Bertz CT molecular complexity index is 783. The van der Waals surface area contributed by atoms with Crippen LogP contribution in [0.15, 0.2) is 23.4 Å². The van der Waals surface area contributed by atoms with Crippen LogP contribution >= 0.6 is 11.8 Å². The number of amides is 1. The number of carbonyl (C=O) groups excluding carboxylic acids is 1. The van der Waals surface area contributed by atoms with Crippen LogP contribution in [0.4, 0.5) is 0 Å². The SMILES string of the molecule is N#Cc1cccnc1SCC(=O)N(C1CCCC1)C1CCS(=O)(=O)C1. The van der Waals surface area contributed by atoms with Crippen molar-refractivity contribution in [2.24, 2.45) is 0 Å². The smallest absolute Gasteiger partial charge is 0.233 e. The van der Waals surface area contributed by atoms with E-state index in [-0.39, 0.29) is 35.2 Å². The van der Waals surface area contributed by atoms with Crippen LogP contribution in [0.25, 0.3) is 0 Å². The first-order valence-corrected chi connectivity index (χ1v) is 11.3. The average Bonchev–Trinajstić information content (AvgIpc) is 3.23. The molecule has 6 nitrogen and oxygen atoms in total. The molecule has 1 saturated heterocycles. The van der Waals surface area contributed by atoms with E-state index in [1.165, 1.54) is 11.8 Å². The summed E-state index contributed by atoms with van der Waals surface area (Å²) in [6.07, 6.45) is 6.19. The van der Waals surface area contributed by atoms with Gasteiger partial charge in [-0.1, -0.05) is 24.6 Å². The first kappa shape index (κ1) is 18.2. The molecule has 3 rings (SSSR count). The summed E-state index contributed by atoms with van der Waals surface area (Å²) >= 11 is 1.25. The third-order valence-electron chi connectivity index (χ3n) is 4.83. The fourth-order valence-corrected chi connectivity index (χ4v) is 6.20. The Kier molecular flexibility index (Phi) is 5.64. The third-order valence-corrected chi connectivity index (χ3v) is 7.57. The van der Waals surface area contributed by atoms with E-state index < -0.39 is 9.84 Å². The second kappa shape index (κ2) is 7.75. The topological polar surface area (TPSA) is 91.1 Å². The minimum Gasteiger partial charge on any atom is -0.335 e. The van der Waals surface area contributed by atoms with Gasteiger partial charge < -0.3 is 4.90 Å². The molecule has 0 spiro atoms. The maximum atomic E-state index is 12.9. The van der Waals surface area contributed by atoms with E-state index in [1.54, 1.807) is 18.3 Å². The van der Waals surface area contributed by atoms with Crippen LogP contribution in [0.1, 0.15) is 37.7 Å². The van der Waals surface area contributed by atoms with Crippen molar-refractivity contribution in [3.63, 3.8) is 0 Å². The number of hydrogen-bond acceptors (Lipinski definition) is 6. The number of carbonyl (C=O) groups is 1. The van der Waals surface area contributed by atoms with E-state index in [4.69, 9.17) is 5.26 Å². The Morgan fingerprint density at radius 2 is 2.08 bits per heavy atom. The molecule has 0 bridgehead atoms. The largest absolute Gasteiger partial charge is 0.335 e. The molecule has 2 fully saturated rings. The number of nitriles is 1. The molecular weight excluding hydrogens is 358 g/mol. The minimum atomic E-state index is -3.04. The average molecular weight is 380 g/mol. The molecule has 1 aliphatic carbocycles. The van der Waals surface area contributed by atoms with E-state index in [9.17, 15) is 13.2 Å². The number of aromatic nitrogens is 1. The zero-order chi connectivity index (χ0) is 17.9. The Balaban J connectivity index is 1.72. The van der Waals surface area contributed by atoms with Crippen molar-refractivity contribution in [2.75, 3.05) is 17.3 Å². The van der Waals surface area contributed by atoms with Gasteiger partial charge in [-0.15, -0.1) is 0 Å². The second-order valence-corrected chi connectivity index (χ2v) is 9.75. The van der Waals surface area contributed by atoms with Crippen LogP contribution in [0.3, 0.4) is 0 Å². The van der Waals surface area contributed by atoms with Crippen molar-refractivity contribution in [1.82, 2.24) is 9.88 Å². The normalized spacial score (nSPS) is 22.6. The van der Waals surface area contributed by atoms with Gasteiger partial charge >= 0.3 is 0 Å². The lowest BCUT2D eigenvalue weighted by Crippen LogP contribution is -2.47. The van der Waals surface area contributed by atoms with Gasteiger partial charge in [0.25, 0.3) is 0 Å². The Morgan fingerprint density at radius 3 is 2.72 bits per heavy atom. The number of nitrogens with zero attached hydrogens (tertiary/aromatic N) is 3. The van der Waals surface area contributed by atoms with Crippen LogP contribution in [0.5, 0.6) is 0 Å². The number of sulfone groups is 1. The summed E-state index contributed by atoms with van der Waals surface area (Å²) < 4.78 is 23.7. The van der Waals surface area contributed by atoms with Crippen molar-refractivity contribution in [3.05, 3.63) is 23.9 Å². The molecule has 1 atom stereocenters. The fraction of sp³-hybridized carbons (Fsp3) is 0.588. The molecule has 0 radical (unpaired) electrons. The number of pyridine rings is 1. The van der Waals surface area contributed by atoms with Gasteiger partial charge in [-0.3, -0.25) is 4.79 Å². The Labute approximate surface area is 152 Å². The number of rotatable bonds is 5. The zero-order valence-corrected chi connectivity index (χ0v) is 15.6. The second-order valence-electron chi connectivity index (χ2n) is 6.55. The molecule has 1 amide bonds. The molecule has 1 aliphatic heterocycles. The molecular formula is C17H21N3O3S2. The lowest BCUT2D eigenvalue weighted by molar-refractivity contribution is -0.132. The van der Waals surface area contributed by atoms with Gasteiger partial charge in [0.15, 0.2) is 9.84 Å². The molecule has 0 aromatic carbocycles. The predicted molar refractivity (Wildman–Crippen MR) is 95.8 cm³/mol. The van der Waals surface area contributed by atoms with Crippen molar-refractivity contribution < 1.29 is 13.2 Å². The van der Waals surface area contributed by atoms with Crippen molar-refractivity contribution >= 4 is 27.5 Å². The Morgan fingerprint density at radius 1 is 1.32 bits per heavy atom. The molecule has 0 N–H and O–H groups in total. The van der Waals surface area contributed by atoms with Crippen LogP contribution in [-0.2, 0) is 14.6 Å². The van der Waals surface area contributed by atoms with Crippen molar-refractivity contribution in [3.8, 4) is 6.07 Å². The molecule has 2 heterocycles. The highest BCUT2D eigenvalue weighted by molar-refractivity contribution is 8.00. The summed E-state index contributed by atoms with van der Waals surface area (Å²) in [4.78, 5) is 18.9. The summed E-state index contributed by atoms with van der Waals surface area (Å²) in [7, 11) is -3.04. The zero-order valence-electron chi connectivity index (χ0n) is 13.9. The first-order chi connectivity index (χ1) is 12.0. The van der Waals surface area contributed by atoms with Gasteiger partial charge in [0, 0.05) is 18.3 Å². The van der Waals surface area contributed by atoms with Crippen LogP contribution in [0.2, 0.25) is 0 Å². The van der Waals surface area contributed by atoms with Crippen LogP contribution in [0, 0.1) is 11.3 Å². The first-order valence-electron chi connectivity index (χ1n) is 8.49. The lowest BCUT2D eigenvalue weighted by atomic mass is 10.1. The van der Waals surface area contributed by atoms with Crippen molar-refractivity contribution in [1.29, 1.82) is 5.26 Å². The number of thioether (sulfide) groups is 1. The molecule has 8 heteroatoms. The summed E-state index contributed by atoms with van der Waals surface area (Å²) in [5.74, 6) is 0.375. The van der Waals surface area contributed by atoms with Gasteiger partial charge in [0.2, 0.25) is 5.91 Å². The van der Waals surface area contributed by atoms with Crippen LogP contribution in [-0.4, -0.2) is 53.6 Å². The lowest BCUT2D eigenvalue weighted by Gasteiger charge is -2.34. The molecule has 25 heavy (non-hydrogen) atoms. The molecule has 1 saturated carbocycles. The van der Waals surface area contributed by atoms with Crippen molar-refractivity contribution in [2.45, 2.75) is 49.2 Å². The Hall–Kier alpha value is -1.59. The van der Waals surface area contributed by atoms with Gasteiger partial charge in [0.1, 0.15) is 11.1 Å². The highest BCUT2D eigenvalue weighted by Gasteiger charge is 2.38. The monoisotopic (exact) mass is 379 g/mol. The summed E-state index contributed by atoms with van der Waals surface area (Å²) in [6, 6.07) is 5.39. The number of hydrogen-bond donors (Lipinski definition) is 0. The summed E-state index contributed by atoms with van der Waals surface area (Å²) in [5.41, 5.74) is 0.455. The van der Waals surface area contributed by atoms with Gasteiger partial charge in [-0.05, 0) is 31.4 Å². The summed E-state index contributed by atoms with van der Waals surface area (Å²) in [6.45, 7) is 0. The maximum absolute atomic E-state index is 12.9. The molecule has 134 valence electrons. The standard InChI is InChI=1S/C17H21N3O3S2/c18-10-13-4-3-8-19-17(13)24-11-16(21)20(14-5-1-2-6-14)15-7-9-25(22,23)12-15/h3-4,8,14-15H,1-2,5-7,9,11-12H2. The summed E-state index contributed by atoms with van der Waals surface area (Å²) in [5, 5.41) is 9.68. The van der Waals surface area contributed by atoms with E-state index >= 15 is 0 Å². The van der Waals surface area contributed by atoms with E-state index in [2.05, 4.69) is 11.1 Å². The van der Waals surface area contributed by atoms with Gasteiger partial charge in [0.05, 0.1) is 22.8 Å². The van der Waals surface area contributed by atoms with Crippen LogP contribution < -0.4 is 0 Å². The quantitative estimate of drug-likeness (QED) is 0.727. The third kappa shape index (κ3) is 4.33. The molecule has 1 aromatic heterocycles. The molecule has 1 aromatic rings. The minimum absolute atomic E-state index is 0.0476. The maximum Gasteiger partial charge on any atom is 0.233 e. The van der Waals surface area contributed by atoms with Gasteiger partial charge in [-0.2, -0.15) is 5.26 Å². The molecule has 1 unspecified atom stereocenters.